The van der Waals surface area contributed by atoms with Crippen LogP contribution in [0.1, 0.15) is 12.0 Å². The average molecular weight is 160 g/mol. The summed E-state index contributed by atoms with van der Waals surface area (Å²) in [6.45, 7) is 0. The number of allylic oxidation sites excluding steroid dienone is 1. The van der Waals surface area contributed by atoms with Crippen LogP contribution < -0.4 is 5.56 Å². The van der Waals surface area contributed by atoms with Crippen LogP contribution in [0.3, 0.4) is 0 Å². The van der Waals surface area contributed by atoms with Crippen LogP contribution in [0, 0.1) is 0 Å². The molecule has 0 atom stereocenters. The quantitative estimate of drug-likeness (QED) is 0.659. The molecule has 0 unspecified atom stereocenters. The molecular weight excluding hydrogens is 152 g/mol. The Balaban J connectivity index is 2.53. The molecule has 3 nitrogen and oxygen atoms in total. The molecule has 60 valence electrons. The molecule has 1 N–H and O–H groups in total. The zero-order valence-electron chi connectivity index (χ0n) is 6.45. The van der Waals surface area contributed by atoms with Crippen molar-refractivity contribution in [3.8, 4) is 0 Å². The topological polar surface area (TPSA) is 45.2 Å². The first-order valence-electron chi connectivity index (χ1n) is 3.79. The van der Waals surface area contributed by atoms with Gasteiger partial charge in [-0.3, -0.25) is 9.79 Å². The van der Waals surface area contributed by atoms with Crippen molar-refractivity contribution < 1.29 is 0 Å². The van der Waals surface area contributed by atoms with Gasteiger partial charge in [0.2, 0.25) is 0 Å². The Kier molecular flexibility index (Phi) is 1.63. The second-order valence-corrected chi connectivity index (χ2v) is 2.55. The zero-order chi connectivity index (χ0) is 8.39. The molecule has 1 aromatic rings. The van der Waals surface area contributed by atoms with Crippen LogP contribution >= 0.6 is 0 Å². The number of hydrogen-bond acceptors (Lipinski definition) is 2. The first-order valence-corrected chi connectivity index (χ1v) is 3.79. The van der Waals surface area contributed by atoms with Gasteiger partial charge in [0, 0.05) is 18.8 Å². The Bertz CT molecular complexity index is 401. The van der Waals surface area contributed by atoms with E-state index in [2.05, 4.69) is 9.98 Å². The van der Waals surface area contributed by atoms with Crippen LogP contribution in [-0.4, -0.2) is 11.2 Å². The largest absolute Gasteiger partial charge is 0.329 e. The van der Waals surface area contributed by atoms with Crippen LogP contribution in [0.15, 0.2) is 34.2 Å². The predicted octanol–water partition coefficient (Wildman–Crippen LogP) is 1.19. The minimum Gasteiger partial charge on any atom is -0.329 e. The van der Waals surface area contributed by atoms with Gasteiger partial charge in [0.1, 0.15) is 0 Å². The Morgan fingerprint density at radius 3 is 3.08 bits per heavy atom. The molecule has 0 amide bonds. The summed E-state index contributed by atoms with van der Waals surface area (Å²) >= 11 is 0. The third-order valence-corrected chi connectivity index (χ3v) is 1.74. The summed E-state index contributed by atoms with van der Waals surface area (Å²) in [7, 11) is 0. The number of pyridine rings is 1. The van der Waals surface area contributed by atoms with Gasteiger partial charge in [-0.05, 0) is 12.1 Å². The van der Waals surface area contributed by atoms with Gasteiger partial charge in [-0.15, -0.1) is 0 Å². The van der Waals surface area contributed by atoms with Gasteiger partial charge in [0.05, 0.1) is 11.3 Å². The van der Waals surface area contributed by atoms with Crippen molar-refractivity contribution in [1.29, 1.82) is 0 Å². The van der Waals surface area contributed by atoms with Crippen LogP contribution in [0.5, 0.6) is 0 Å². The van der Waals surface area contributed by atoms with Crippen molar-refractivity contribution in [2.24, 2.45) is 4.99 Å². The third-order valence-electron chi connectivity index (χ3n) is 1.74. The zero-order valence-corrected chi connectivity index (χ0v) is 6.45. The van der Waals surface area contributed by atoms with Gasteiger partial charge in [-0.25, -0.2) is 0 Å². The maximum Gasteiger partial charge on any atom is 0.257 e. The minimum absolute atomic E-state index is 0.0807. The number of rotatable bonds is 1. The summed E-state index contributed by atoms with van der Waals surface area (Å²) in [5, 5.41) is 0. The van der Waals surface area contributed by atoms with E-state index in [1.165, 1.54) is 0 Å². The molecule has 0 radical (unpaired) electrons. The van der Waals surface area contributed by atoms with Gasteiger partial charge in [0.25, 0.3) is 5.56 Å². The fourth-order valence-corrected chi connectivity index (χ4v) is 1.17. The Morgan fingerprint density at radius 2 is 2.42 bits per heavy atom. The van der Waals surface area contributed by atoms with Crippen LogP contribution in [0.2, 0.25) is 0 Å². The molecular formula is C9H8N2O. The number of aromatic nitrogens is 1. The summed E-state index contributed by atoms with van der Waals surface area (Å²) in [4.78, 5) is 17.9. The lowest BCUT2D eigenvalue weighted by Crippen LogP contribution is -2.09. The molecule has 0 saturated heterocycles. The van der Waals surface area contributed by atoms with Crippen molar-refractivity contribution in [2.45, 2.75) is 6.42 Å². The molecule has 0 saturated carbocycles. The van der Waals surface area contributed by atoms with Crippen molar-refractivity contribution in [1.82, 2.24) is 4.98 Å². The molecule has 0 aromatic carbocycles. The first kappa shape index (κ1) is 7.03. The first-order chi connectivity index (χ1) is 5.88. The molecule has 2 rings (SSSR count). The SMILES string of the molecule is O=c1[nH]cccc1C1=CCC=N1. The van der Waals surface area contributed by atoms with Crippen molar-refractivity contribution >= 4 is 11.9 Å². The number of hydrogen-bond donors (Lipinski definition) is 1. The maximum absolute atomic E-state index is 11.2. The lowest BCUT2D eigenvalue weighted by Gasteiger charge is -1.94. The minimum atomic E-state index is -0.0807. The molecule has 0 fully saturated rings. The fourth-order valence-electron chi connectivity index (χ4n) is 1.17. The summed E-state index contributed by atoms with van der Waals surface area (Å²) in [5.41, 5.74) is 1.34. The number of H-pyrrole nitrogens is 1. The highest BCUT2D eigenvalue weighted by Crippen LogP contribution is 2.15. The standard InChI is InChI=1S/C9H8N2O/c12-9-7(3-1-6-11-9)8-4-2-5-10-8/h1,3-6H,2H2,(H,11,12). The molecule has 0 spiro atoms. The van der Waals surface area contributed by atoms with Gasteiger partial charge in [0.15, 0.2) is 0 Å². The van der Waals surface area contributed by atoms with E-state index >= 15 is 0 Å². The van der Waals surface area contributed by atoms with Gasteiger partial charge < -0.3 is 4.98 Å². The van der Waals surface area contributed by atoms with E-state index in [1.54, 1.807) is 24.5 Å². The molecule has 0 bridgehead atoms. The normalized spacial score (nSPS) is 14.8. The molecule has 2 heterocycles. The van der Waals surface area contributed by atoms with E-state index in [0.29, 0.717) is 5.56 Å². The second-order valence-electron chi connectivity index (χ2n) is 2.55. The predicted molar refractivity (Wildman–Crippen MR) is 48.1 cm³/mol. The highest BCUT2D eigenvalue weighted by Gasteiger charge is 2.05. The highest BCUT2D eigenvalue weighted by molar-refractivity contribution is 5.80. The van der Waals surface area contributed by atoms with E-state index in [9.17, 15) is 4.79 Å². The second kappa shape index (κ2) is 2.77. The number of nitrogens with zero attached hydrogens (tertiary/aromatic N) is 1. The number of aliphatic imine (C=N–C) groups is 1. The summed E-state index contributed by atoms with van der Waals surface area (Å²) in [5.74, 6) is 0. The molecule has 12 heavy (non-hydrogen) atoms. The third kappa shape index (κ3) is 1.09. The molecule has 1 aliphatic rings. The average Bonchev–Trinajstić information content (AvgIpc) is 2.57. The van der Waals surface area contributed by atoms with Gasteiger partial charge in [-0.2, -0.15) is 0 Å². The van der Waals surface area contributed by atoms with E-state index < -0.39 is 0 Å². The maximum atomic E-state index is 11.2. The van der Waals surface area contributed by atoms with Crippen LogP contribution in [-0.2, 0) is 0 Å². The smallest absolute Gasteiger partial charge is 0.257 e. The van der Waals surface area contributed by atoms with Crippen molar-refractivity contribution in [2.75, 3.05) is 0 Å². The van der Waals surface area contributed by atoms with E-state index in [0.717, 1.165) is 12.1 Å². The summed E-state index contributed by atoms with van der Waals surface area (Å²) in [6, 6.07) is 3.57. The van der Waals surface area contributed by atoms with Gasteiger partial charge >= 0.3 is 0 Å². The molecule has 0 aliphatic carbocycles. The fraction of sp³-hybridized carbons (Fsp3) is 0.111. The molecule has 3 heteroatoms. The monoisotopic (exact) mass is 160 g/mol. The summed E-state index contributed by atoms with van der Waals surface area (Å²) in [6.07, 6.45) is 6.17. The van der Waals surface area contributed by atoms with Crippen LogP contribution in [0.25, 0.3) is 5.70 Å². The number of aromatic amines is 1. The van der Waals surface area contributed by atoms with Crippen LogP contribution in [0.4, 0.5) is 0 Å². The number of nitrogens with one attached hydrogen (secondary N) is 1. The van der Waals surface area contributed by atoms with E-state index in [-0.39, 0.29) is 5.56 Å². The lowest BCUT2D eigenvalue weighted by atomic mass is 10.2. The lowest BCUT2D eigenvalue weighted by molar-refractivity contribution is 1.21. The van der Waals surface area contributed by atoms with E-state index in [1.807, 2.05) is 6.08 Å². The Labute approximate surface area is 69.5 Å². The Hall–Kier alpha value is -1.64. The molecule has 1 aliphatic heterocycles. The highest BCUT2D eigenvalue weighted by atomic mass is 16.1. The summed E-state index contributed by atoms with van der Waals surface area (Å²) < 4.78 is 0. The van der Waals surface area contributed by atoms with E-state index in [4.69, 9.17) is 0 Å². The van der Waals surface area contributed by atoms with Crippen molar-refractivity contribution in [3.05, 3.63) is 40.3 Å². The molecule has 1 aromatic heterocycles. The van der Waals surface area contributed by atoms with Crippen molar-refractivity contribution in [3.63, 3.8) is 0 Å². The Morgan fingerprint density at radius 1 is 1.50 bits per heavy atom. The van der Waals surface area contributed by atoms with Gasteiger partial charge in [-0.1, -0.05) is 6.08 Å².